The smallest absolute Gasteiger partial charge is 0.345 e. The molecule has 0 radical (unpaired) electrons. The Morgan fingerprint density at radius 3 is 2.33 bits per heavy atom. The molecule has 0 bridgehead atoms. The van der Waals surface area contributed by atoms with E-state index in [4.69, 9.17) is 20.3 Å². The Hall–Kier alpha value is -4.88. The van der Waals surface area contributed by atoms with Crippen molar-refractivity contribution in [2.45, 2.75) is 19.8 Å². The third-order valence-electron chi connectivity index (χ3n) is 6.35. The second-order valence-corrected chi connectivity index (χ2v) is 10.5. The fraction of sp³-hybridized carbons (Fsp3) is 0.0909. The number of fused-ring (bicyclic) bond motifs is 1. The SMILES string of the molecule is CC(C)c1ccccc1-c1sc2cc(OC(=O)c3ccccc3N)ccc2c1Oc1ccc(/C=C/C(=O)O)cc1. The quantitative estimate of drug-likeness (QED) is 0.0873. The van der Waals surface area contributed by atoms with E-state index in [-0.39, 0.29) is 0 Å². The molecule has 7 heteroatoms. The van der Waals surface area contributed by atoms with Crippen molar-refractivity contribution >= 4 is 45.1 Å². The van der Waals surface area contributed by atoms with E-state index in [0.29, 0.717) is 34.4 Å². The van der Waals surface area contributed by atoms with Crippen LogP contribution < -0.4 is 15.2 Å². The predicted octanol–water partition coefficient (Wildman–Crippen LogP) is 8.38. The van der Waals surface area contributed by atoms with Crippen LogP contribution in [0.5, 0.6) is 17.2 Å². The molecular weight excluding hydrogens is 522 g/mol. The van der Waals surface area contributed by atoms with Crippen LogP contribution in [0.1, 0.15) is 41.3 Å². The molecule has 0 amide bonds. The second kappa shape index (κ2) is 11.5. The van der Waals surface area contributed by atoms with Crippen LogP contribution in [0, 0.1) is 0 Å². The lowest BCUT2D eigenvalue weighted by atomic mass is 9.96. The molecule has 0 aliphatic rings. The number of hydrogen-bond donors (Lipinski definition) is 2. The average molecular weight is 550 g/mol. The Morgan fingerprint density at radius 1 is 0.900 bits per heavy atom. The largest absolute Gasteiger partial charge is 0.478 e. The van der Waals surface area contributed by atoms with Crippen molar-refractivity contribution in [3.63, 3.8) is 0 Å². The highest BCUT2D eigenvalue weighted by Crippen LogP contribution is 2.49. The van der Waals surface area contributed by atoms with Crippen LogP contribution in [0.3, 0.4) is 0 Å². The molecule has 40 heavy (non-hydrogen) atoms. The summed E-state index contributed by atoms with van der Waals surface area (Å²) in [6, 6.07) is 27.8. The van der Waals surface area contributed by atoms with Crippen LogP contribution in [-0.2, 0) is 4.79 Å². The van der Waals surface area contributed by atoms with E-state index in [9.17, 15) is 9.59 Å². The van der Waals surface area contributed by atoms with E-state index in [1.54, 1.807) is 53.8 Å². The Bertz CT molecular complexity index is 1730. The van der Waals surface area contributed by atoms with Gasteiger partial charge in [0.25, 0.3) is 0 Å². The first-order chi connectivity index (χ1) is 19.3. The van der Waals surface area contributed by atoms with Crippen molar-refractivity contribution in [3.05, 3.63) is 114 Å². The number of thiophene rings is 1. The number of ether oxygens (including phenoxy) is 2. The molecule has 0 spiro atoms. The molecule has 0 saturated carbocycles. The van der Waals surface area contributed by atoms with E-state index < -0.39 is 11.9 Å². The number of carbonyl (C=O) groups is 2. The Labute approximate surface area is 235 Å². The van der Waals surface area contributed by atoms with E-state index >= 15 is 0 Å². The zero-order chi connectivity index (χ0) is 28.2. The maximum absolute atomic E-state index is 12.8. The van der Waals surface area contributed by atoms with Crippen molar-refractivity contribution in [2.75, 3.05) is 5.73 Å². The third kappa shape index (κ3) is 5.75. The normalized spacial score (nSPS) is 11.3. The Kier molecular flexibility index (Phi) is 7.66. The number of carbonyl (C=O) groups excluding carboxylic acids is 1. The number of hydrogen-bond acceptors (Lipinski definition) is 6. The molecule has 1 aromatic heterocycles. The van der Waals surface area contributed by atoms with Gasteiger partial charge < -0.3 is 20.3 Å². The van der Waals surface area contributed by atoms with Gasteiger partial charge in [-0.3, -0.25) is 0 Å². The van der Waals surface area contributed by atoms with Gasteiger partial charge in [0.15, 0.2) is 5.75 Å². The molecule has 0 unspecified atom stereocenters. The lowest BCUT2D eigenvalue weighted by Gasteiger charge is -2.14. The number of rotatable bonds is 8. The minimum atomic E-state index is -1.00. The number of para-hydroxylation sites is 1. The summed E-state index contributed by atoms with van der Waals surface area (Å²) in [7, 11) is 0. The van der Waals surface area contributed by atoms with Crippen LogP contribution >= 0.6 is 11.3 Å². The fourth-order valence-corrected chi connectivity index (χ4v) is 5.59. The number of benzene rings is 4. The Balaban J connectivity index is 1.55. The number of aliphatic carboxylic acids is 1. The zero-order valence-corrected chi connectivity index (χ0v) is 22.8. The number of nitrogens with two attached hydrogens (primary N) is 1. The van der Waals surface area contributed by atoms with Crippen molar-refractivity contribution < 1.29 is 24.2 Å². The van der Waals surface area contributed by atoms with Crippen LogP contribution in [0.15, 0.2) is 97.1 Å². The van der Waals surface area contributed by atoms with Crippen molar-refractivity contribution in [2.24, 2.45) is 0 Å². The highest BCUT2D eigenvalue weighted by molar-refractivity contribution is 7.22. The molecule has 0 aliphatic carbocycles. The molecule has 0 saturated heterocycles. The molecular formula is C33H27NO5S. The van der Waals surface area contributed by atoms with Crippen molar-refractivity contribution in [1.29, 1.82) is 0 Å². The molecule has 5 rings (SSSR count). The maximum Gasteiger partial charge on any atom is 0.345 e. The van der Waals surface area contributed by atoms with Crippen molar-refractivity contribution in [1.82, 2.24) is 0 Å². The molecule has 0 aliphatic heterocycles. The second-order valence-electron chi connectivity index (χ2n) is 9.48. The summed E-state index contributed by atoms with van der Waals surface area (Å²) >= 11 is 1.57. The number of anilines is 1. The third-order valence-corrected chi connectivity index (χ3v) is 7.52. The van der Waals surface area contributed by atoms with Crippen LogP contribution in [-0.4, -0.2) is 17.0 Å². The van der Waals surface area contributed by atoms with Crippen LogP contribution in [0.25, 0.3) is 26.6 Å². The summed E-state index contributed by atoms with van der Waals surface area (Å²) in [5.74, 6) is 0.496. The van der Waals surface area contributed by atoms with Gasteiger partial charge in [-0.1, -0.05) is 62.4 Å². The highest BCUT2D eigenvalue weighted by atomic mass is 32.1. The maximum atomic E-state index is 12.8. The number of carboxylic acids is 1. The van der Waals surface area contributed by atoms with Gasteiger partial charge in [0, 0.05) is 21.8 Å². The highest BCUT2D eigenvalue weighted by Gasteiger charge is 2.21. The minimum absolute atomic E-state index is 0.294. The molecule has 0 atom stereocenters. The fourth-order valence-electron chi connectivity index (χ4n) is 4.38. The van der Waals surface area contributed by atoms with Crippen LogP contribution in [0.2, 0.25) is 0 Å². The topological polar surface area (TPSA) is 98.9 Å². The molecule has 0 fully saturated rings. The van der Waals surface area contributed by atoms with Gasteiger partial charge in [-0.2, -0.15) is 0 Å². The average Bonchev–Trinajstić information content (AvgIpc) is 3.30. The summed E-state index contributed by atoms with van der Waals surface area (Å²) in [6.07, 6.45) is 2.63. The van der Waals surface area contributed by atoms with E-state index in [1.807, 2.05) is 36.4 Å². The summed E-state index contributed by atoms with van der Waals surface area (Å²) in [5, 5.41) is 9.78. The van der Waals surface area contributed by atoms with Gasteiger partial charge >= 0.3 is 11.9 Å². The van der Waals surface area contributed by atoms with Gasteiger partial charge in [0.05, 0.1) is 10.4 Å². The summed E-state index contributed by atoms with van der Waals surface area (Å²) in [4.78, 5) is 24.6. The predicted molar refractivity (Wildman–Crippen MR) is 160 cm³/mol. The van der Waals surface area contributed by atoms with Gasteiger partial charge in [0.1, 0.15) is 11.5 Å². The minimum Gasteiger partial charge on any atom is -0.478 e. The summed E-state index contributed by atoms with van der Waals surface area (Å²) < 4.78 is 13.1. The molecule has 5 aromatic rings. The van der Waals surface area contributed by atoms with Gasteiger partial charge in [0.2, 0.25) is 0 Å². The van der Waals surface area contributed by atoms with Gasteiger partial charge in [-0.25, -0.2) is 9.59 Å². The first kappa shape index (κ1) is 26.7. The van der Waals surface area contributed by atoms with Crippen LogP contribution in [0.4, 0.5) is 5.69 Å². The van der Waals surface area contributed by atoms with Gasteiger partial charge in [-0.15, -0.1) is 11.3 Å². The van der Waals surface area contributed by atoms with Crippen molar-refractivity contribution in [3.8, 4) is 27.7 Å². The standard InChI is InChI=1S/C33H27NO5S/c1-20(2)24-7-3-4-8-25(24)32-31(38-22-14-11-21(12-15-22)13-18-30(35)36)27-17-16-23(19-29(27)40-32)39-33(37)26-9-5-6-10-28(26)34/h3-20H,34H2,1-2H3,(H,35,36)/b18-13+. The monoisotopic (exact) mass is 549 g/mol. The number of nitrogen functional groups attached to an aromatic ring is 1. The van der Waals surface area contributed by atoms with E-state index in [1.165, 1.54) is 11.6 Å². The summed E-state index contributed by atoms with van der Waals surface area (Å²) in [5.41, 5.74) is 9.65. The lowest BCUT2D eigenvalue weighted by molar-refractivity contribution is -0.131. The van der Waals surface area contributed by atoms with E-state index in [2.05, 4.69) is 26.0 Å². The number of carboxylic acid groups (broad SMARTS) is 1. The first-order valence-corrected chi connectivity index (χ1v) is 13.5. The molecule has 6 nitrogen and oxygen atoms in total. The molecule has 200 valence electrons. The molecule has 4 aromatic carbocycles. The first-order valence-electron chi connectivity index (χ1n) is 12.7. The number of esters is 1. The molecule has 3 N–H and O–H groups in total. The summed E-state index contributed by atoms with van der Waals surface area (Å²) in [6.45, 7) is 4.31. The zero-order valence-electron chi connectivity index (χ0n) is 22.0. The molecule has 1 heterocycles. The Morgan fingerprint density at radius 2 is 1.60 bits per heavy atom. The van der Waals surface area contributed by atoms with Gasteiger partial charge in [-0.05, 0) is 71.1 Å². The lowest BCUT2D eigenvalue weighted by Crippen LogP contribution is -2.10. The van der Waals surface area contributed by atoms with E-state index in [0.717, 1.165) is 32.2 Å².